The Morgan fingerprint density at radius 3 is 2.39 bits per heavy atom. The van der Waals surface area contributed by atoms with Gasteiger partial charge in [-0.15, -0.1) is 0 Å². The smallest absolute Gasteiger partial charge is 0.270 e. The highest BCUT2D eigenvalue weighted by Crippen LogP contribution is 2.30. The van der Waals surface area contributed by atoms with Crippen LogP contribution in [0.4, 0.5) is 11.4 Å². The summed E-state index contributed by atoms with van der Waals surface area (Å²) in [7, 11) is 1.59. The Morgan fingerprint density at radius 2 is 1.71 bits per heavy atom. The molecule has 1 N–H and O–H groups in total. The molecule has 2 aromatic rings. The number of amides is 2. The van der Waals surface area contributed by atoms with Gasteiger partial charge in [0.15, 0.2) is 5.11 Å². The van der Waals surface area contributed by atoms with Gasteiger partial charge in [0.25, 0.3) is 11.8 Å². The predicted octanol–water partition coefficient (Wildman–Crippen LogP) is 4.28. The predicted molar refractivity (Wildman–Crippen MR) is 129 cm³/mol. The van der Waals surface area contributed by atoms with Crippen molar-refractivity contribution in [3.05, 3.63) is 58.1 Å². The number of hydrogen-bond acceptors (Lipinski definition) is 5. The van der Waals surface area contributed by atoms with Crippen molar-refractivity contribution >= 4 is 62.5 Å². The van der Waals surface area contributed by atoms with Crippen molar-refractivity contribution in [1.29, 1.82) is 0 Å². The van der Waals surface area contributed by atoms with Crippen LogP contribution in [0.25, 0.3) is 6.08 Å². The lowest BCUT2D eigenvalue weighted by molar-refractivity contribution is -0.122. The van der Waals surface area contributed by atoms with Crippen molar-refractivity contribution in [2.24, 2.45) is 0 Å². The molecule has 0 aliphatic carbocycles. The minimum Gasteiger partial charge on any atom is -0.496 e. The van der Waals surface area contributed by atoms with Crippen LogP contribution in [0.15, 0.2) is 52.5 Å². The normalized spacial score (nSPS) is 18.4. The second-order valence-corrected chi connectivity index (χ2v) is 8.71. The third-order valence-corrected chi connectivity index (χ3v) is 6.24. The monoisotopic (exact) mass is 499 g/mol. The highest BCUT2D eigenvalue weighted by Gasteiger charge is 2.34. The van der Waals surface area contributed by atoms with E-state index in [1.165, 1.54) is 24.2 Å². The molecule has 6 nitrogen and oxygen atoms in total. The zero-order valence-electron chi connectivity index (χ0n) is 17.1. The lowest BCUT2D eigenvalue weighted by atomic mass is 10.0. The maximum Gasteiger partial charge on any atom is 0.270 e. The first-order valence-electron chi connectivity index (χ1n) is 10.1. The molecule has 2 heterocycles. The van der Waals surface area contributed by atoms with Gasteiger partial charge in [0.05, 0.1) is 12.8 Å². The minimum atomic E-state index is -0.523. The van der Waals surface area contributed by atoms with Crippen molar-refractivity contribution < 1.29 is 14.3 Å². The molecule has 2 aliphatic rings. The molecule has 0 aromatic heterocycles. The second-order valence-electron chi connectivity index (χ2n) is 7.41. The number of benzene rings is 2. The summed E-state index contributed by atoms with van der Waals surface area (Å²) in [4.78, 5) is 29.4. The maximum absolute atomic E-state index is 13.2. The van der Waals surface area contributed by atoms with Crippen LogP contribution in [0.2, 0.25) is 0 Å². The van der Waals surface area contributed by atoms with E-state index < -0.39 is 11.8 Å². The quantitative estimate of drug-likeness (QED) is 0.386. The molecule has 2 amide bonds. The third-order valence-electron chi connectivity index (χ3n) is 5.42. The molecular weight excluding hydrogens is 478 g/mol. The molecule has 2 aliphatic heterocycles. The van der Waals surface area contributed by atoms with Gasteiger partial charge in [-0.1, -0.05) is 15.9 Å². The van der Waals surface area contributed by atoms with E-state index in [0.717, 1.165) is 23.2 Å². The van der Waals surface area contributed by atoms with Gasteiger partial charge >= 0.3 is 0 Å². The number of hydrogen-bond donors (Lipinski definition) is 1. The number of halogens is 1. The van der Waals surface area contributed by atoms with Gasteiger partial charge < -0.3 is 9.64 Å². The van der Waals surface area contributed by atoms with Crippen LogP contribution in [0, 0.1) is 0 Å². The van der Waals surface area contributed by atoms with Gasteiger partial charge in [0.1, 0.15) is 11.3 Å². The number of methoxy groups -OCH3 is 1. The summed E-state index contributed by atoms with van der Waals surface area (Å²) in [6, 6.07) is 13.0. The number of carbonyl (C=O) groups excluding carboxylic acids is 2. The Kier molecular flexibility index (Phi) is 6.38. The largest absolute Gasteiger partial charge is 0.496 e. The van der Waals surface area contributed by atoms with Crippen molar-refractivity contribution in [2.45, 2.75) is 19.3 Å². The first-order valence-corrected chi connectivity index (χ1v) is 11.3. The topological polar surface area (TPSA) is 61.9 Å². The average Bonchev–Trinajstić information content (AvgIpc) is 2.78. The number of nitrogens with zero attached hydrogens (tertiary/aromatic N) is 2. The summed E-state index contributed by atoms with van der Waals surface area (Å²) in [6.07, 6.45) is 5.17. The van der Waals surface area contributed by atoms with Gasteiger partial charge in [0.2, 0.25) is 0 Å². The average molecular weight is 500 g/mol. The van der Waals surface area contributed by atoms with Crippen LogP contribution in [-0.4, -0.2) is 37.1 Å². The molecule has 0 bridgehead atoms. The Balaban J connectivity index is 1.67. The van der Waals surface area contributed by atoms with Gasteiger partial charge in [-0.3, -0.25) is 19.8 Å². The molecule has 160 valence electrons. The van der Waals surface area contributed by atoms with E-state index in [1.54, 1.807) is 25.3 Å². The highest BCUT2D eigenvalue weighted by atomic mass is 79.9. The van der Waals surface area contributed by atoms with Crippen LogP contribution >= 0.6 is 28.1 Å². The number of nitrogens with one attached hydrogen (secondary N) is 1. The number of thiocarbonyl (C=S) groups is 1. The van der Waals surface area contributed by atoms with Crippen LogP contribution in [-0.2, 0) is 9.59 Å². The van der Waals surface area contributed by atoms with Gasteiger partial charge in [-0.25, -0.2) is 0 Å². The molecule has 0 unspecified atom stereocenters. The summed E-state index contributed by atoms with van der Waals surface area (Å²) < 4.78 is 6.46. The Hall–Kier alpha value is -2.71. The second kappa shape index (κ2) is 9.20. The van der Waals surface area contributed by atoms with Crippen molar-refractivity contribution in [3.63, 3.8) is 0 Å². The van der Waals surface area contributed by atoms with Crippen LogP contribution < -0.4 is 19.9 Å². The van der Waals surface area contributed by atoms with E-state index in [2.05, 4.69) is 26.1 Å². The Labute approximate surface area is 195 Å². The zero-order chi connectivity index (χ0) is 22.0. The standard InChI is InChI=1S/C23H22BrN3O3S/c1-30-20-14-18(26-11-3-2-4-12-26)8-5-15(20)13-19-21(28)25-23(31)27(22(19)29)17-9-6-16(24)7-10-17/h5-10,13-14H,2-4,11-12H2,1H3,(H,25,28,31)/b19-13+. The van der Waals surface area contributed by atoms with E-state index in [-0.39, 0.29) is 10.7 Å². The SMILES string of the molecule is COc1cc(N2CCCCC2)ccc1/C=C1\C(=O)NC(=S)N(c2ccc(Br)cc2)C1=O. The van der Waals surface area contributed by atoms with E-state index in [1.807, 2.05) is 30.3 Å². The number of anilines is 2. The highest BCUT2D eigenvalue weighted by molar-refractivity contribution is 9.10. The number of rotatable bonds is 4. The number of ether oxygens (including phenoxy) is 1. The number of piperidine rings is 1. The molecule has 8 heteroatoms. The van der Waals surface area contributed by atoms with Crippen molar-refractivity contribution in [1.82, 2.24) is 5.32 Å². The van der Waals surface area contributed by atoms with Crippen molar-refractivity contribution in [2.75, 3.05) is 30.0 Å². The molecule has 4 rings (SSSR count). The lowest BCUT2D eigenvalue weighted by Gasteiger charge is -2.30. The fourth-order valence-corrected chi connectivity index (χ4v) is 4.35. The molecule has 2 fully saturated rings. The van der Waals surface area contributed by atoms with Crippen LogP contribution in [0.1, 0.15) is 24.8 Å². The minimum absolute atomic E-state index is 0.000501. The summed E-state index contributed by atoms with van der Waals surface area (Å²) in [5, 5.41) is 2.67. The molecule has 0 atom stereocenters. The van der Waals surface area contributed by atoms with E-state index in [9.17, 15) is 9.59 Å². The summed E-state index contributed by atoms with van der Waals surface area (Å²) in [5.41, 5.74) is 2.32. The molecule has 2 aromatic carbocycles. The van der Waals surface area contributed by atoms with E-state index in [0.29, 0.717) is 17.0 Å². The fourth-order valence-electron chi connectivity index (χ4n) is 3.81. The Bertz CT molecular complexity index is 1060. The first-order chi connectivity index (χ1) is 15.0. The van der Waals surface area contributed by atoms with E-state index >= 15 is 0 Å². The summed E-state index contributed by atoms with van der Waals surface area (Å²) >= 11 is 8.64. The van der Waals surface area contributed by atoms with Crippen LogP contribution in [0.3, 0.4) is 0 Å². The first kappa shape index (κ1) is 21.5. The fraction of sp³-hybridized carbons (Fsp3) is 0.261. The molecule has 0 spiro atoms. The van der Waals surface area contributed by atoms with Gasteiger partial charge in [0, 0.05) is 34.9 Å². The van der Waals surface area contributed by atoms with Gasteiger partial charge in [-0.05, 0) is 74.0 Å². The lowest BCUT2D eigenvalue weighted by Crippen LogP contribution is -2.54. The molecular formula is C23H22BrN3O3S. The molecule has 0 radical (unpaired) electrons. The zero-order valence-corrected chi connectivity index (χ0v) is 19.5. The Morgan fingerprint density at radius 1 is 1.03 bits per heavy atom. The molecule has 2 saturated heterocycles. The van der Waals surface area contributed by atoms with E-state index in [4.69, 9.17) is 17.0 Å². The molecule has 0 saturated carbocycles. The maximum atomic E-state index is 13.2. The third kappa shape index (κ3) is 4.50. The summed E-state index contributed by atoms with van der Waals surface area (Å²) in [5.74, 6) is -0.386. The van der Waals surface area contributed by atoms with Crippen LogP contribution in [0.5, 0.6) is 5.75 Å². The van der Waals surface area contributed by atoms with Gasteiger partial charge in [-0.2, -0.15) is 0 Å². The van der Waals surface area contributed by atoms with Crippen molar-refractivity contribution in [3.8, 4) is 5.75 Å². The summed E-state index contributed by atoms with van der Waals surface area (Å²) in [6.45, 7) is 2.04. The number of carbonyl (C=O) groups is 2. The molecule has 31 heavy (non-hydrogen) atoms.